The Morgan fingerprint density at radius 3 is 1.88 bits per heavy atom. The molecule has 2 aromatic carbocycles. The summed E-state index contributed by atoms with van der Waals surface area (Å²) in [4.78, 5) is 38.8. The molecule has 0 aromatic heterocycles. The van der Waals surface area contributed by atoms with Gasteiger partial charge in [0.2, 0.25) is 0 Å². The van der Waals surface area contributed by atoms with Gasteiger partial charge in [0.05, 0.1) is 5.69 Å². The minimum atomic E-state index is -0.903. The molecule has 1 heterocycles. The Bertz CT molecular complexity index is 1100. The van der Waals surface area contributed by atoms with Crippen LogP contribution in [0, 0.1) is 5.82 Å². The molecule has 0 atom stereocenters. The summed E-state index contributed by atoms with van der Waals surface area (Å²) < 4.78 is 13.3. The number of phenolic OH excluding ortho intramolecular Hbond substituents is 1. The van der Waals surface area contributed by atoms with Gasteiger partial charge < -0.3 is 5.11 Å². The van der Waals surface area contributed by atoms with Crippen molar-refractivity contribution < 1.29 is 23.9 Å². The summed E-state index contributed by atoms with van der Waals surface area (Å²) in [5.74, 6) is -1.97. The minimum Gasteiger partial charge on any atom is -0.507 e. The Morgan fingerprint density at radius 1 is 0.906 bits per heavy atom. The lowest BCUT2D eigenvalue weighted by atomic mass is 9.78. The number of rotatable bonds is 2. The second-order valence-corrected chi connectivity index (χ2v) is 9.90. The Hall–Kier alpha value is -3.48. The second-order valence-electron chi connectivity index (χ2n) is 9.90. The molecule has 3 rings (SSSR count). The fourth-order valence-corrected chi connectivity index (χ4v) is 3.53. The van der Waals surface area contributed by atoms with E-state index in [0.29, 0.717) is 16.7 Å². The van der Waals surface area contributed by atoms with E-state index in [4.69, 9.17) is 0 Å². The van der Waals surface area contributed by atoms with Crippen molar-refractivity contribution in [3.8, 4) is 5.75 Å². The molecule has 0 aliphatic carbocycles. The lowest BCUT2D eigenvalue weighted by molar-refractivity contribution is -0.122. The van der Waals surface area contributed by atoms with Gasteiger partial charge in [0, 0.05) is 11.1 Å². The van der Waals surface area contributed by atoms with Crippen LogP contribution in [0.1, 0.15) is 58.2 Å². The fraction of sp³-hybridized carbons (Fsp3) is 0.320. The number of benzene rings is 2. The van der Waals surface area contributed by atoms with Gasteiger partial charge in [0.15, 0.2) is 0 Å². The first-order valence-electron chi connectivity index (χ1n) is 10.2. The van der Waals surface area contributed by atoms with E-state index in [1.165, 1.54) is 18.2 Å². The van der Waals surface area contributed by atoms with E-state index >= 15 is 0 Å². The van der Waals surface area contributed by atoms with Crippen molar-refractivity contribution in [3.05, 3.63) is 64.5 Å². The summed E-state index contributed by atoms with van der Waals surface area (Å²) in [6.45, 7) is 11.7. The van der Waals surface area contributed by atoms with Crippen molar-refractivity contribution in [2.45, 2.75) is 52.4 Å². The van der Waals surface area contributed by atoms with Gasteiger partial charge in [0.25, 0.3) is 11.8 Å². The molecule has 1 aliphatic rings. The van der Waals surface area contributed by atoms with Crippen LogP contribution in [0.4, 0.5) is 14.9 Å². The zero-order valence-electron chi connectivity index (χ0n) is 19.0. The van der Waals surface area contributed by atoms with Crippen molar-refractivity contribution in [1.82, 2.24) is 5.32 Å². The molecule has 7 heteroatoms. The van der Waals surface area contributed by atoms with Gasteiger partial charge in [-0.1, -0.05) is 41.5 Å². The monoisotopic (exact) mass is 438 g/mol. The number of urea groups is 1. The Morgan fingerprint density at radius 2 is 1.41 bits per heavy atom. The maximum atomic E-state index is 13.3. The fourth-order valence-electron chi connectivity index (χ4n) is 3.53. The van der Waals surface area contributed by atoms with E-state index in [1.54, 1.807) is 12.1 Å². The summed E-state index contributed by atoms with van der Waals surface area (Å²) in [6, 6.07) is 7.39. The molecular formula is C25H27FN2O4. The van der Waals surface area contributed by atoms with Gasteiger partial charge in [-0.05, 0) is 58.9 Å². The van der Waals surface area contributed by atoms with Crippen LogP contribution in [0.25, 0.3) is 6.08 Å². The van der Waals surface area contributed by atoms with E-state index in [1.807, 2.05) is 41.5 Å². The number of phenols is 1. The van der Waals surface area contributed by atoms with Crippen molar-refractivity contribution in [3.63, 3.8) is 0 Å². The molecule has 2 N–H and O–H groups in total. The predicted molar refractivity (Wildman–Crippen MR) is 121 cm³/mol. The van der Waals surface area contributed by atoms with Crippen LogP contribution in [-0.2, 0) is 20.4 Å². The Kier molecular flexibility index (Phi) is 5.72. The summed E-state index contributed by atoms with van der Waals surface area (Å²) in [5, 5.41) is 13.1. The van der Waals surface area contributed by atoms with Gasteiger partial charge in [-0.2, -0.15) is 0 Å². The molecule has 0 unspecified atom stereocenters. The number of anilines is 1. The van der Waals surface area contributed by atoms with E-state index in [2.05, 4.69) is 5.32 Å². The third kappa shape index (κ3) is 4.42. The zero-order chi connectivity index (χ0) is 24.0. The quantitative estimate of drug-likeness (QED) is 0.521. The van der Waals surface area contributed by atoms with Gasteiger partial charge in [-0.15, -0.1) is 0 Å². The number of carbonyl (C=O) groups is 3. The standard InChI is InChI=1S/C25H27FN2O4/c1-24(2,3)18-12-14(13-19(20(18)29)25(4,5)6)11-17-21(30)27-23(32)28(22(17)31)16-9-7-15(26)8-10-16/h7-13,29H,1-6H3,(H,27,30,32)/b17-11-. The molecule has 168 valence electrons. The number of carbonyl (C=O) groups excluding carboxylic acids is 3. The highest BCUT2D eigenvalue weighted by Crippen LogP contribution is 2.40. The maximum Gasteiger partial charge on any atom is 0.335 e. The number of hydrogen-bond acceptors (Lipinski definition) is 4. The first-order valence-corrected chi connectivity index (χ1v) is 10.2. The van der Waals surface area contributed by atoms with Crippen LogP contribution in [0.2, 0.25) is 0 Å². The zero-order valence-corrected chi connectivity index (χ0v) is 19.0. The molecule has 32 heavy (non-hydrogen) atoms. The van der Waals surface area contributed by atoms with Crippen molar-refractivity contribution >= 4 is 29.6 Å². The number of hydrogen-bond donors (Lipinski definition) is 2. The molecule has 1 fully saturated rings. The lowest BCUT2D eigenvalue weighted by Gasteiger charge is -2.28. The maximum absolute atomic E-state index is 13.3. The van der Waals surface area contributed by atoms with E-state index in [-0.39, 0.29) is 17.0 Å². The topological polar surface area (TPSA) is 86.7 Å². The molecule has 2 aromatic rings. The largest absolute Gasteiger partial charge is 0.507 e. The Labute approximate surface area is 186 Å². The molecule has 0 saturated carbocycles. The Balaban J connectivity index is 2.15. The average molecular weight is 438 g/mol. The van der Waals surface area contributed by atoms with Crippen LogP contribution in [-0.4, -0.2) is 23.0 Å². The number of nitrogens with zero attached hydrogens (tertiary/aromatic N) is 1. The highest BCUT2D eigenvalue weighted by Gasteiger charge is 2.37. The molecule has 6 nitrogen and oxygen atoms in total. The molecule has 1 aliphatic heterocycles. The van der Waals surface area contributed by atoms with Gasteiger partial charge >= 0.3 is 6.03 Å². The van der Waals surface area contributed by atoms with Gasteiger partial charge in [0.1, 0.15) is 17.1 Å². The average Bonchev–Trinajstić information content (AvgIpc) is 2.65. The third-order valence-corrected chi connectivity index (χ3v) is 5.25. The van der Waals surface area contributed by atoms with Crippen molar-refractivity contribution in [2.24, 2.45) is 0 Å². The smallest absolute Gasteiger partial charge is 0.335 e. The summed E-state index contributed by atoms with van der Waals surface area (Å²) in [6.07, 6.45) is 1.41. The first-order chi connectivity index (χ1) is 14.7. The number of nitrogens with one attached hydrogen (secondary N) is 1. The number of imide groups is 2. The van der Waals surface area contributed by atoms with E-state index in [0.717, 1.165) is 17.0 Å². The van der Waals surface area contributed by atoms with Crippen LogP contribution in [0.15, 0.2) is 42.0 Å². The number of halogens is 1. The molecular weight excluding hydrogens is 411 g/mol. The normalized spacial score (nSPS) is 16.5. The van der Waals surface area contributed by atoms with E-state index < -0.39 is 34.5 Å². The molecule has 4 amide bonds. The third-order valence-electron chi connectivity index (χ3n) is 5.25. The molecule has 0 bridgehead atoms. The minimum absolute atomic E-state index is 0.142. The van der Waals surface area contributed by atoms with Gasteiger partial charge in [-0.25, -0.2) is 14.1 Å². The number of amides is 4. The summed E-state index contributed by atoms with van der Waals surface area (Å²) >= 11 is 0. The number of barbiturate groups is 1. The summed E-state index contributed by atoms with van der Waals surface area (Å²) in [5.41, 5.74) is 1.01. The van der Waals surface area contributed by atoms with Gasteiger partial charge in [-0.3, -0.25) is 14.9 Å². The van der Waals surface area contributed by atoms with E-state index in [9.17, 15) is 23.9 Å². The molecule has 0 spiro atoms. The summed E-state index contributed by atoms with van der Waals surface area (Å²) in [7, 11) is 0. The second kappa shape index (κ2) is 7.89. The van der Waals surface area contributed by atoms with Crippen LogP contribution in [0.3, 0.4) is 0 Å². The van der Waals surface area contributed by atoms with Crippen molar-refractivity contribution in [2.75, 3.05) is 4.90 Å². The highest BCUT2D eigenvalue weighted by molar-refractivity contribution is 6.39. The van der Waals surface area contributed by atoms with Crippen LogP contribution >= 0.6 is 0 Å². The van der Waals surface area contributed by atoms with Crippen LogP contribution in [0.5, 0.6) is 5.75 Å². The SMILES string of the molecule is CC(C)(C)c1cc(/C=C2/C(=O)NC(=O)N(c3ccc(F)cc3)C2=O)cc(C(C)(C)C)c1O. The predicted octanol–water partition coefficient (Wildman–Crippen LogP) is 4.79. The molecule has 0 radical (unpaired) electrons. The lowest BCUT2D eigenvalue weighted by Crippen LogP contribution is -2.54. The van der Waals surface area contributed by atoms with Crippen molar-refractivity contribution in [1.29, 1.82) is 0 Å². The molecule has 1 saturated heterocycles. The highest BCUT2D eigenvalue weighted by atomic mass is 19.1. The number of aromatic hydroxyl groups is 1. The van der Waals surface area contributed by atoms with Crippen LogP contribution < -0.4 is 10.2 Å². The first kappa shape index (κ1) is 23.2.